The van der Waals surface area contributed by atoms with Gasteiger partial charge in [-0.25, -0.2) is 0 Å². The van der Waals surface area contributed by atoms with Crippen LogP contribution < -0.4 is 4.84 Å². The Morgan fingerprint density at radius 1 is 1.25 bits per heavy atom. The lowest BCUT2D eigenvalue weighted by atomic mass is 10.3. The standard InChI is InChI=1S/C9H10ClNO/c1-7(2)11-12-9-5-3-8(10)4-6-9/h3-6H,1-2H3. The van der Waals surface area contributed by atoms with Gasteiger partial charge < -0.3 is 4.84 Å². The average Bonchev–Trinajstić information content (AvgIpc) is 2.03. The van der Waals surface area contributed by atoms with Crippen molar-refractivity contribution in [1.29, 1.82) is 0 Å². The monoisotopic (exact) mass is 183 g/mol. The molecule has 0 saturated carbocycles. The van der Waals surface area contributed by atoms with Gasteiger partial charge in [-0.05, 0) is 38.1 Å². The molecule has 1 aromatic carbocycles. The zero-order chi connectivity index (χ0) is 8.97. The lowest BCUT2D eigenvalue weighted by Crippen LogP contribution is -1.88. The molecule has 0 saturated heterocycles. The summed E-state index contributed by atoms with van der Waals surface area (Å²) in [4.78, 5) is 5.05. The number of benzene rings is 1. The highest BCUT2D eigenvalue weighted by Crippen LogP contribution is 2.15. The van der Waals surface area contributed by atoms with Crippen LogP contribution in [0, 0.1) is 0 Å². The van der Waals surface area contributed by atoms with E-state index in [0.717, 1.165) is 5.71 Å². The summed E-state index contributed by atoms with van der Waals surface area (Å²) in [6.07, 6.45) is 0. The lowest BCUT2D eigenvalue weighted by molar-refractivity contribution is 0.341. The number of hydrogen-bond acceptors (Lipinski definition) is 2. The van der Waals surface area contributed by atoms with Crippen LogP contribution in [-0.2, 0) is 0 Å². The van der Waals surface area contributed by atoms with Crippen LogP contribution in [0.25, 0.3) is 0 Å². The molecule has 0 spiro atoms. The maximum Gasteiger partial charge on any atom is 0.158 e. The molecule has 64 valence electrons. The molecule has 12 heavy (non-hydrogen) atoms. The Morgan fingerprint density at radius 2 is 1.83 bits per heavy atom. The predicted octanol–water partition coefficient (Wildman–Crippen LogP) is 3.11. The zero-order valence-electron chi connectivity index (χ0n) is 7.04. The van der Waals surface area contributed by atoms with E-state index in [4.69, 9.17) is 16.4 Å². The Bertz CT molecular complexity index is 275. The fourth-order valence-electron chi connectivity index (χ4n) is 0.639. The summed E-state index contributed by atoms with van der Waals surface area (Å²) in [6.45, 7) is 3.74. The highest BCUT2D eigenvalue weighted by molar-refractivity contribution is 6.30. The molecular weight excluding hydrogens is 174 g/mol. The minimum atomic E-state index is 0.694. The molecular formula is C9H10ClNO. The SMILES string of the molecule is CC(C)=NOc1ccc(Cl)cc1. The summed E-state index contributed by atoms with van der Waals surface area (Å²) in [7, 11) is 0. The molecule has 0 N–H and O–H groups in total. The van der Waals surface area contributed by atoms with E-state index in [1.165, 1.54) is 0 Å². The molecule has 0 aromatic heterocycles. The summed E-state index contributed by atoms with van der Waals surface area (Å²) < 4.78 is 0. The summed E-state index contributed by atoms with van der Waals surface area (Å²) in [6, 6.07) is 7.07. The van der Waals surface area contributed by atoms with Gasteiger partial charge in [-0.1, -0.05) is 16.8 Å². The number of halogens is 1. The third-order valence-electron chi connectivity index (χ3n) is 1.15. The van der Waals surface area contributed by atoms with Gasteiger partial charge in [0.05, 0.1) is 5.71 Å². The minimum absolute atomic E-state index is 0.694. The Morgan fingerprint density at radius 3 is 2.33 bits per heavy atom. The van der Waals surface area contributed by atoms with Gasteiger partial charge in [-0.15, -0.1) is 0 Å². The summed E-state index contributed by atoms with van der Waals surface area (Å²) >= 11 is 5.68. The van der Waals surface area contributed by atoms with E-state index in [-0.39, 0.29) is 0 Å². The first-order chi connectivity index (χ1) is 5.68. The summed E-state index contributed by atoms with van der Waals surface area (Å²) in [5.74, 6) is 0.695. The second-order valence-electron chi connectivity index (χ2n) is 2.58. The van der Waals surface area contributed by atoms with Crippen LogP contribution in [0.5, 0.6) is 5.75 Å². The zero-order valence-corrected chi connectivity index (χ0v) is 7.80. The van der Waals surface area contributed by atoms with E-state index in [1.807, 2.05) is 13.8 Å². The van der Waals surface area contributed by atoms with E-state index in [0.29, 0.717) is 10.8 Å². The van der Waals surface area contributed by atoms with Gasteiger partial charge in [0.1, 0.15) is 0 Å². The second kappa shape index (κ2) is 4.12. The van der Waals surface area contributed by atoms with Crippen molar-refractivity contribution >= 4 is 17.3 Å². The summed E-state index contributed by atoms with van der Waals surface area (Å²) in [5.41, 5.74) is 0.880. The Labute approximate surface area is 76.8 Å². The highest BCUT2D eigenvalue weighted by Gasteiger charge is 1.91. The molecule has 0 amide bonds. The van der Waals surface area contributed by atoms with E-state index in [9.17, 15) is 0 Å². The van der Waals surface area contributed by atoms with Gasteiger partial charge in [-0.3, -0.25) is 0 Å². The van der Waals surface area contributed by atoms with Crippen LogP contribution in [0.3, 0.4) is 0 Å². The number of oxime groups is 1. The van der Waals surface area contributed by atoms with E-state index in [2.05, 4.69) is 5.16 Å². The number of nitrogens with zero attached hydrogens (tertiary/aromatic N) is 1. The van der Waals surface area contributed by atoms with Crippen molar-refractivity contribution < 1.29 is 4.84 Å². The number of rotatable bonds is 2. The van der Waals surface area contributed by atoms with Gasteiger partial charge >= 0.3 is 0 Å². The van der Waals surface area contributed by atoms with Crippen molar-refractivity contribution in [2.24, 2.45) is 5.16 Å². The quantitative estimate of drug-likeness (QED) is 0.510. The first-order valence-corrected chi connectivity index (χ1v) is 4.00. The molecule has 1 rings (SSSR count). The second-order valence-corrected chi connectivity index (χ2v) is 3.02. The summed E-state index contributed by atoms with van der Waals surface area (Å²) in [5, 5.41) is 4.49. The van der Waals surface area contributed by atoms with Crippen molar-refractivity contribution in [2.75, 3.05) is 0 Å². The smallest absolute Gasteiger partial charge is 0.158 e. The van der Waals surface area contributed by atoms with Crippen molar-refractivity contribution in [3.63, 3.8) is 0 Å². The third kappa shape index (κ3) is 2.93. The molecule has 0 aliphatic heterocycles. The Kier molecular flexibility index (Phi) is 3.11. The van der Waals surface area contributed by atoms with Crippen molar-refractivity contribution in [3.8, 4) is 5.75 Å². The maximum absolute atomic E-state index is 5.68. The van der Waals surface area contributed by atoms with E-state index < -0.39 is 0 Å². The molecule has 0 bridgehead atoms. The van der Waals surface area contributed by atoms with Crippen LogP contribution >= 0.6 is 11.6 Å². The molecule has 0 radical (unpaired) electrons. The van der Waals surface area contributed by atoms with Gasteiger partial charge in [0.25, 0.3) is 0 Å². The van der Waals surface area contributed by atoms with E-state index >= 15 is 0 Å². The predicted molar refractivity (Wildman–Crippen MR) is 50.9 cm³/mol. The maximum atomic E-state index is 5.68. The average molecular weight is 184 g/mol. The Hall–Kier alpha value is -1.02. The largest absolute Gasteiger partial charge is 0.357 e. The van der Waals surface area contributed by atoms with Crippen LogP contribution in [0.4, 0.5) is 0 Å². The van der Waals surface area contributed by atoms with Crippen molar-refractivity contribution in [1.82, 2.24) is 0 Å². The van der Waals surface area contributed by atoms with Crippen LogP contribution in [0.15, 0.2) is 29.4 Å². The molecule has 0 fully saturated rings. The lowest BCUT2D eigenvalue weighted by Gasteiger charge is -1.97. The molecule has 0 aliphatic carbocycles. The molecule has 2 nitrogen and oxygen atoms in total. The van der Waals surface area contributed by atoms with Gasteiger partial charge in [0.15, 0.2) is 5.75 Å². The van der Waals surface area contributed by atoms with Crippen molar-refractivity contribution in [2.45, 2.75) is 13.8 Å². The third-order valence-corrected chi connectivity index (χ3v) is 1.40. The fraction of sp³-hybridized carbons (Fsp3) is 0.222. The van der Waals surface area contributed by atoms with Crippen molar-refractivity contribution in [3.05, 3.63) is 29.3 Å². The van der Waals surface area contributed by atoms with Gasteiger partial charge in [0.2, 0.25) is 0 Å². The molecule has 0 unspecified atom stereocenters. The fourth-order valence-corrected chi connectivity index (χ4v) is 0.765. The van der Waals surface area contributed by atoms with Crippen LogP contribution in [0.1, 0.15) is 13.8 Å². The van der Waals surface area contributed by atoms with Crippen LogP contribution in [-0.4, -0.2) is 5.71 Å². The number of hydrogen-bond donors (Lipinski definition) is 0. The molecule has 0 heterocycles. The normalized spacial score (nSPS) is 9.25. The first kappa shape index (κ1) is 9.07. The molecule has 1 aromatic rings. The molecule has 0 atom stereocenters. The molecule has 3 heteroatoms. The molecule has 0 aliphatic rings. The van der Waals surface area contributed by atoms with Gasteiger partial charge in [-0.2, -0.15) is 0 Å². The van der Waals surface area contributed by atoms with Gasteiger partial charge in [0, 0.05) is 5.02 Å². The van der Waals surface area contributed by atoms with E-state index in [1.54, 1.807) is 24.3 Å². The van der Waals surface area contributed by atoms with Crippen LogP contribution in [0.2, 0.25) is 5.02 Å². The minimum Gasteiger partial charge on any atom is -0.357 e. The topological polar surface area (TPSA) is 21.6 Å². The first-order valence-electron chi connectivity index (χ1n) is 3.62. The Balaban J connectivity index is 2.65. The highest BCUT2D eigenvalue weighted by atomic mass is 35.5.